The summed E-state index contributed by atoms with van der Waals surface area (Å²) in [4.78, 5) is 24.3. The molecule has 2 N–H and O–H groups in total. The Morgan fingerprint density at radius 1 is 0.973 bits per heavy atom. The molecule has 37 heavy (non-hydrogen) atoms. The van der Waals surface area contributed by atoms with Crippen LogP contribution in [0.3, 0.4) is 0 Å². The zero-order valence-electron chi connectivity index (χ0n) is 20.1. The van der Waals surface area contributed by atoms with Gasteiger partial charge in [0, 0.05) is 10.1 Å². The third-order valence-electron chi connectivity index (χ3n) is 5.03. The van der Waals surface area contributed by atoms with Crippen molar-refractivity contribution in [3.63, 3.8) is 0 Å². The van der Waals surface area contributed by atoms with Gasteiger partial charge in [-0.25, -0.2) is 13.8 Å². The van der Waals surface area contributed by atoms with E-state index in [2.05, 4.69) is 38.4 Å². The molecule has 3 aromatic carbocycles. The third kappa shape index (κ3) is 9.84. The molecule has 0 aliphatic heterocycles. The van der Waals surface area contributed by atoms with Gasteiger partial charge in [0.2, 0.25) is 10.0 Å². The molecule has 0 aromatic heterocycles. The predicted molar refractivity (Wildman–Crippen MR) is 152 cm³/mol. The molecule has 194 valence electrons. The number of carbonyl (C=O) groups excluding carboxylic acids is 2. The summed E-state index contributed by atoms with van der Waals surface area (Å²) >= 11 is 2.11. The monoisotopic (exact) mass is 634 g/mol. The molecular formula is C26H27IN4O5S. The summed E-state index contributed by atoms with van der Waals surface area (Å²) in [7, 11) is -3.66. The van der Waals surface area contributed by atoms with Crippen molar-refractivity contribution in [2.24, 2.45) is 5.10 Å². The van der Waals surface area contributed by atoms with E-state index in [0.29, 0.717) is 23.5 Å². The smallest absolute Gasteiger partial charge is 0.260 e. The van der Waals surface area contributed by atoms with Crippen molar-refractivity contribution >= 4 is 56.3 Å². The second-order valence-corrected chi connectivity index (χ2v) is 11.1. The molecule has 0 bridgehead atoms. The summed E-state index contributed by atoms with van der Waals surface area (Å²) in [6.45, 7) is 0.0205. The number of nitrogens with zero attached hydrogens (tertiary/aromatic N) is 2. The summed E-state index contributed by atoms with van der Waals surface area (Å²) < 4.78 is 31.8. The second-order valence-electron chi connectivity index (χ2n) is 7.98. The van der Waals surface area contributed by atoms with E-state index < -0.39 is 22.5 Å². The third-order valence-corrected chi connectivity index (χ3v) is 6.89. The molecule has 3 aromatic rings. The second kappa shape index (κ2) is 13.7. The summed E-state index contributed by atoms with van der Waals surface area (Å²) in [5, 5.41) is 6.71. The van der Waals surface area contributed by atoms with Crippen LogP contribution < -0.4 is 19.8 Å². The van der Waals surface area contributed by atoms with E-state index in [4.69, 9.17) is 4.74 Å². The van der Waals surface area contributed by atoms with Gasteiger partial charge >= 0.3 is 0 Å². The molecule has 0 heterocycles. The maximum atomic E-state index is 12.3. The molecule has 0 aliphatic rings. The predicted octanol–water partition coefficient (Wildman–Crippen LogP) is 2.95. The molecular weight excluding hydrogens is 607 g/mol. The molecule has 0 atom stereocenters. The van der Waals surface area contributed by atoms with E-state index in [9.17, 15) is 18.0 Å². The van der Waals surface area contributed by atoms with Gasteiger partial charge in [0.1, 0.15) is 12.3 Å². The average Bonchev–Trinajstić information content (AvgIpc) is 2.87. The first kappa shape index (κ1) is 28.1. The first-order valence-corrected chi connectivity index (χ1v) is 14.2. The summed E-state index contributed by atoms with van der Waals surface area (Å²) in [5.74, 6) is -0.281. The Kier molecular flexibility index (Phi) is 10.4. The van der Waals surface area contributed by atoms with Crippen molar-refractivity contribution in [1.29, 1.82) is 0 Å². The Bertz CT molecular complexity index is 1320. The van der Waals surface area contributed by atoms with Crippen molar-refractivity contribution < 1.29 is 22.7 Å². The molecule has 0 saturated heterocycles. The number of sulfonamides is 1. The number of amides is 2. The largest absolute Gasteiger partial charge is 0.484 e. The number of hydrogen-bond acceptors (Lipinski definition) is 6. The minimum Gasteiger partial charge on any atom is -0.484 e. The van der Waals surface area contributed by atoms with Crippen LogP contribution in [0.2, 0.25) is 0 Å². The van der Waals surface area contributed by atoms with Gasteiger partial charge in [-0.3, -0.25) is 13.9 Å². The topological polar surface area (TPSA) is 117 Å². The molecule has 11 heteroatoms. The fourth-order valence-electron chi connectivity index (χ4n) is 3.19. The van der Waals surface area contributed by atoms with E-state index in [0.717, 1.165) is 26.1 Å². The summed E-state index contributed by atoms with van der Waals surface area (Å²) in [5.41, 5.74) is 4.56. The Hall–Kier alpha value is -3.45. The number of carbonyl (C=O) groups is 2. The number of hydrogen-bond donors (Lipinski definition) is 2. The van der Waals surface area contributed by atoms with E-state index in [-0.39, 0.29) is 12.5 Å². The van der Waals surface area contributed by atoms with Gasteiger partial charge in [0.15, 0.2) is 6.61 Å². The molecule has 0 saturated carbocycles. The van der Waals surface area contributed by atoms with Gasteiger partial charge in [0.05, 0.1) is 18.2 Å². The lowest BCUT2D eigenvalue weighted by Crippen LogP contribution is -2.39. The number of hydrazone groups is 1. The molecule has 0 unspecified atom stereocenters. The number of anilines is 1. The number of benzene rings is 3. The maximum Gasteiger partial charge on any atom is 0.260 e. The van der Waals surface area contributed by atoms with Crippen LogP contribution in [0.25, 0.3) is 0 Å². The molecule has 0 aliphatic carbocycles. The van der Waals surface area contributed by atoms with E-state index >= 15 is 0 Å². The van der Waals surface area contributed by atoms with Crippen molar-refractivity contribution in [2.45, 2.75) is 6.42 Å². The van der Waals surface area contributed by atoms with E-state index in [1.165, 1.54) is 6.21 Å². The number of nitrogens with one attached hydrogen (secondary N) is 2. The SMILES string of the molecule is CS(=O)(=O)N(CC(=O)N/N=C\c1ccc(OCC(=O)NCCc2ccccc2)cc1)c1ccc(I)cc1. The van der Waals surface area contributed by atoms with Gasteiger partial charge in [-0.15, -0.1) is 0 Å². The maximum absolute atomic E-state index is 12.3. The Morgan fingerprint density at radius 2 is 1.65 bits per heavy atom. The van der Waals surface area contributed by atoms with Crippen LogP contribution in [-0.4, -0.2) is 52.4 Å². The van der Waals surface area contributed by atoms with Crippen LogP contribution >= 0.6 is 22.6 Å². The van der Waals surface area contributed by atoms with Crippen LogP contribution in [-0.2, 0) is 26.0 Å². The molecule has 2 amide bonds. The highest BCUT2D eigenvalue weighted by molar-refractivity contribution is 14.1. The number of ether oxygens (including phenoxy) is 1. The van der Waals surface area contributed by atoms with Gasteiger partial charge in [-0.05, 0) is 88.7 Å². The molecule has 3 rings (SSSR count). The highest BCUT2D eigenvalue weighted by Crippen LogP contribution is 2.19. The molecule has 9 nitrogen and oxygen atoms in total. The molecule has 0 radical (unpaired) electrons. The lowest BCUT2D eigenvalue weighted by Gasteiger charge is -2.21. The quantitative estimate of drug-likeness (QED) is 0.181. The number of rotatable bonds is 12. The van der Waals surface area contributed by atoms with E-state index in [1.54, 1.807) is 48.5 Å². The van der Waals surface area contributed by atoms with Crippen LogP contribution in [0, 0.1) is 3.57 Å². The average molecular weight is 634 g/mol. The zero-order chi connectivity index (χ0) is 26.7. The van der Waals surface area contributed by atoms with Crippen LogP contribution in [0.15, 0.2) is 84.0 Å². The normalized spacial score (nSPS) is 11.2. The molecule has 0 spiro atoms. The Labute approximate surface area is 230 Å². The highest BCUT2D eigenvalue weighted by atomic mass is 127. The Morgan fingerprint density at radius 3 is 2.30 bits per heavy atom. The number of halogens is 1. The van der Waals surface area contributed by atoms with Crippen molar-refractivity contribution in [2.75, 3.05) is 30.3 Å². The van der Waals surface area contributed by atoms with Crippen LogP contribution in [0.1, 0.15) is 11.1 Å². The minimum atomic E-state index is -3.66. The molecule has 0 fully saturated rings. The van der Waals surface area contributed by atoms with Crippen LogP contribution in [0.4, 0.5) is 5.69 Å². The van der Waals surface area contributed by atoms with Gasteiger partial charge in [0.25, 0.3) is 11.8 Å². The van der Waals surface area contributed by atoms with Crippen LogP contribution in [0.5, 0.6) is 5.75 Å². The van der Waals surface area contributed by atoms with Gasteiger partial charge in [-0.1, -0.05) is 30.3 Å². The Balaban J connectivity index is 1.43. The van der Waals surface area contributed by atoms with Crippen molar-refractivity contribution in [3.8, 4) is 5.75 Å². The van der Waals surface area contributed by atoms with Crippen molar-refractivity contribution in [1.82, 2.24) is 10.7 Å². The zero-order valence-corrected chi connectivity index (χ0v) is 23.1. The lowest BCUT2D eigenvalue weighted by molar-refractivity contribution is -0.123. The first-order chi connectivity index (χ1) is 17.7. The summed E-state index contributed by atoms with van der Waals surface area (Å²) in [6, 6.07) is 23.5. The minimum absolute atomic E-state index is 0.102. The van der Waals surface area contributed by atoms with E-state index in [1.807, 2.05) is 30.3 Å². The summed E-state index contributed by atoms with van der Waals surface area (Å²) in [6.07, 6.45) is 3.21. The van der Waals surface area contributed by atoms with Gasteiger partial charge in [-0.2, -0.15) is 5.10 Å². The first-order valence-electron chi connectivity index (χ1n) is 11.3. The fraction of sp³-hybridized carbons (Fsp3) is 0.192. The van der Waals surface area contributed by atoms with Gasteiger partial charge < -0.3 is 10.1 Å². The highest BCUT2D eigenvalue weighted by Gasteiger charge is 2.20. The van der Waals surface area contributed by atoms with Crippen molar-refractivity contribution in [3.05, 3.63) is 93.6 Å². The standard InChI is InChI=1S/C26H27IN4O5S/c1-37(34,35)31(23-11-9-22(27)10-12-23)18-25(32)30-29-17-21-7-13-24(14-8-21)36-19-26(33)28-16-15-20-5-3-2-4-6-20/h2-14,17H,15-16,18-19H2,1H3,(H,28,33)(H,30,32)/b29-17-. The lowest BCUT2D eigenvalue weighted by atomic mass is 10.1. The fourth-order valence-corrected chi connectivity index (χ4v) is 4.41.